The Kier molecular flexibility index (Phi) is 4.82. The van der Waals surface area contributed by atoms with Crippen molar-refractivity contribution >= 4 is 5.91 Å². The van der Waals surface area contributed by atoms with Crippen LogP contribution in [0.2, 0.25) is 0 Å². The number of amides is 1. The molecular weight excluding hydrogens is 206 g/mol. The van der Waals surface area contributed by atoms with Crippen molar-refractivity contribution in [3.63, 3.8) is 0 Å². The first-order valence-electron chi connectivity index (χ1n) is 4.96. The summed E-state index contributed by atoms with van der Waals surface area (Å²) in [4.78, 5) is 18.2. The molecule has 1 N–H and O–H groups in total. The van der Waals surface area contributed by atoms with Crippen LogP contribution in [0.1, 0.15) is 22.5 Å². The molecule has 1 amide bonds. The molecule has 1 aromatic heterocycles. The lowest BCUT2D eigenvalue weighted by Gasteiger charge is -2.04. The molecular formula is C10H13N5O. The Balaban J connectivity index is 2.38. The zero-order valence-corrected chi connectivity index (χ0v) is 9.05. The monoisotopic (exact) mass is 219 g/mol. The number of hydrogen-bond donors (Lipinski definition) is 1. The van der Waals surface area contributed by atoms with E-state index >= 15 is 0 Å². The van der Waals surface area contributed by atoms with Gasteiger partial charge in [0.15, 0.2) is 0 Å². The number of pyridine rings is 1. The van der Waals surface area contributed by atoms with Gasteiger partial charge in [-0.05, 0) is 31.0 Å². The molecule has 0 saturated heterocycles. The fourth-order valence-corrected chi connectivity index (χ4v) is 1.19. The average molecular weight is 219 g/mol. The number of rotatable bonds is 5. The SMILES string of the molecule is Cc1cc(C(=O)NCCCN=[N+]=[N-])ccn1. The van der Waals surface area contributed by atoms with Crippen molar-refractivity contribution in [2.24, 2.45) is 5.11 Å². The van der Waals surface area contributed by atoms with Crippen LogP contribution in [-0.2, 0) is 0 Å². The van der Waals surface area contributed by atoms with Crippen molar-refractivity contribution in [2.75, 3.05) is 13.1 Å². The van der Waals surface area contributed by atoms with Gasteiger partial charge in [-0.25, -0.2) is 0 Å². The molecule has 0 spiro atoms. The van der Waals surface area contributed by atoms with E-state index in [1.165, 1.54) is 0 Å². The van der Waals surface area contributed by atoms with E-state index in [1.54, 1.807) is 18.3 Å². The Bertz CT molecular complexity index is 411. The first-order chi connectivity index (χ1) is 7.74. The highest BCUT2D eigenvalue weighted by Crippen LogP contribution is 2.00. The van der Waals surface area contributed by atoms with Gasteiger partial charge in [0.25, 0.3) is 5.91 Å². The summed E-state index contributed by atoms with van der Waals surface area (Å²) in [6.07, 6.45) is 2.24. The summed E-state index contributed by atoms with van der Waals surface area (Å²) in [6, 6.07) is 3.39. The Labute approximate surface area is 93.3 Å². The number of nitrogens with zero attached hydrogens (tertiary/aromatic N) is 4. The maximum absolute atomic E-state index is 11.6. The quantitative estimate of drug-likeness (QED) is 0.354. The molecule has 6 nitrogen and oxygen atoms in total. The second-order valence-corrected chi connectivity index (χ2v) is 3.25. The summed E-state index contributed by atoms with van der Waals surface area (Å²) in [7, 11) is 0. The predicted molar refractivity (Wildman–Crippen MR) is 59.9 cm³/mol. The first-order valence-corrected chi connectivity index (χ1v) is 4.96. The summed E-state index contributed by atoms with van der Waals surface area (Å²) in [5, 5.41) is 6.11. The van der Waals surface area contributed by atoms with E-state index < -0.39 is 0 Å². The Morgan fingerprint density at radius 3 is 3.19 bits per heavy atom. The third-order valence-corrected chi connectivity index (χ3v) is 1.94. The van der Waals surface area contributed by atoms with Crippen LogP contribution in [0.4, 0.5) is 0 Å². The zero-order chi connectivity index (χ0) is 11.8. The molecule has 0 aliphatic rings. The van der Waals surface area contributed by atoms with E-state index in [2.05, 4.69) is 20.3 Å². The predicted octanol–water partition coefficient (Wildman–Crippen LogP) is 1.82. The van der Waals surface area contributed by atoms with Crippen molar-refractivity contribution < 1.29 is 4.79 Å². The largest absolute Gasteiger partial charge is 0.352 e. The maximum atomic E-state index is 11.6. The van der Waals surface area contributed by atoms with Crippen molar-refractivity contribution in [3.8, 4) is 0 Å². The number of carbonyl (C=O) groups excluding carboxylic acids is 1. The summed E-state index contributed by atoms with van der Waals surface area (Å²) in [6.45, 7) is 2.73. The highest BCUT2D eigenvalue weighted by Gasteiger charge is 2.03. The molecule has 0 saturated carbocycles. The molecule has 0 aliphatic carbocycles. The second kappa shape index (κ2) is 6.42. The minimum absolute atomic E-state index is 0.133. The molecule has 0 bridgehead atoms. The molecule has 0 aromatic carbocycles. The Morgan fingerprint density at radius 1 is 1.69 bits per heavy atom. The van der Waals surface area contributed by atoms with Crippen LogP contribution in [0, 0.1) is 6.92 Å². The molecule has 0 atom stereocenters. The number of hydrogen-bond acceptors (Lipinski definition) is 3. The topological polar surface area (TPSA) is 90.8 Å². The number of nitrogens with one attached hydrogen (secondary N) is 1. The molecule has 0 fully saturated rings. The van der Waals surface area contributed by atoms with Crippen molar-refractivity contribution in [1.82, 2.24) is 10.3 Å². The van der Waals surface area contributed by atoms with E-state index in [1.807, 2.05) is 6.92 Å². The van der Waals surface area contributed by atoms with E-state index in [9.17, 15) is 4.79 Å². The minimum atomic E-state index is -0.133. The van der Waals surface area contributed by atoms with Crippen LogP contribution in [0.3, 0.4) is 0 Å². The highest BCUT2D eigenvalue weighted by molar-refractivity contribution is 5.94. The summed E-state index contributed by atoms with van der Waals surface area (Å²) < 4.78 is 0. The van der Waals surface area contributed by atoms with Crippen LogP contribution >= 0.6 is 0 Å². The van der Waals surface area contributed by atoms with Crippen LogP contribution < -0.4 is 5.32 Å². The third-order valence-electron chi connectivity index (χ3n) is 1.94. The molecule has 1 aromatic rings. The van der Waals surface area contributed by atoms with Gasteiger partial charge in [-0.2, -0.15) is 0 Å². The lowest BCUT2D eigenvalue weighted by molar-refractivity contribution is 0.0953. The van der Waals surface area contributed by atoms with Gasteiger partial charge in [0.05, 0.1) is 0 Å². The second-order valence-electron chi connectivity index (χ2n) is 3.25. The van der Waals surface area contributed by atoms with E-state index in [-0.39, 0.29) is 5.91 Å². The number of aryl methyl sites for hydroxylation is 1. The number of aromatic nitrogens is 1. The average Bonchev–Trinajstić information content (AvgIpc) is 2.28. The first kappa shape index (κ1) is 12.0. The molecule has 0 aliphatic heterocycles. The molecule has 0 unspecified atom stereocenters. The fraction of sp³-hybridized carbons (Fsp3) is 0.400. The van der Waals surface area contributed by atoms with Crippen LogP contribution in [0.25, 0.3) is 10.4 Å². The van der Waals surface area contributed by atoms with Gasteiger partial charge >= 0.3 is 0 Å². The molecule has 1 heterocycles. The summed E-state index contributed by atoms with van der Waals surface area (Å²) >= 11 is 0. The van der Waals surface area contributed by atoms with E-state index in [4.69, 9.17) is 5.53 Å². The molecule has 16 heavy (non-hydrogen) atoms. The molecule has 0 radical (unpaired) electrons. The molecule has 6 heteroatoms. The van der Waals surface area contributed by atoms with E-state index in [0.29, 0.717) is 25.1 Å². The van der Waals surface area contributed by atoms with Gasteiger partial charge < -0.3 is 5.32 Å². The fourth-order valence-electron chi connectivity index (χ4n) is 1.19. The van der Waals surface area contributed by atoms with Gasteiger partial charge in [-0.15, -0.1) is 0 Å². The van der Waals surface area contributed by atoms with Gasteiger partial charge in [0, 0.05) is 35.5 Å². The van der Waals surface area contributed by atoms with Crippen LogP contribution in [0.5, 0.6) is 0 Å². The maximum Gasteiger partial charge on any atom is 0.251 e. The molecule has 1 rings (SSSR count). The highest BCUT2D eigenvalue weighted by atomic mass is 16.1. The number of azide groups is 1. The van der Waals surface area contributed by atoms with Crippen molar-refractivity contribution in [2.45, 2.75) is 13.3 Å². The normalized spacial score (nSPS) is 9.31. The lowest BCUT2D eigenvalue weighted by Crippen LogP contribution is -2.24. The zero-order valence-electron chi connectivity index (χ0n) is 9.05. The lowest BCUT2D eigenvalue weighted by atomic mass is 10.2. The van der Waals surface area contributed by atoms with Crippen LogP contribution in [-0.4, -0.2) is 24.0 Å². The number of carbonyl (C=O) groups is 1. The Morgan fingerprint density at radius 2 is 2.50 bits per heavy atom. The van der Waals surface area contributed by atoms with Gasteiger partial charge in [0.2, 0.25) is 0 Å². The minimum Gasteiger partial charge on any atom is -0.352 e. The molecule has 84 valence electrons. The van der Waals surface area contributed by atoms with Crippen LogP contribution in [0.15, 0.2) is 23.4 Å². The summed E-state index contributed by atoms with van der Waals surface area (Å²) in [5.74, 6) is -0.133. The third kappa shape index (κ3) is 3.98. The van der Waals surface area contributed by atoms with Gasteiger partial charge in [0.1, 0.15) is 0 Å². The van der Waals surface area contributed by atoms with Crippen molar-refractivity contribution in [3.05, 3.63) is 40.0 Å². The standard InChI is InChI=1S/C10H13N5O/c1-8-7-9(3-6-12-8)10(16)13-4-2-5-14-15-11/h3,6-7H,2,4-5H2,1H3,(H,13,16). The van der Waals surface area contributed by atoms with Gasteiger partial charge in [-0.3, -0.25) is 9.78 Å². The summed E-state index contributed by atoms with van der Waals surface area (Å²) in [5.41, 5.74) is 9.45. The Hall–Kier alpha value is -2.07. The smallest absolute Gasteiger partial charge is 0.251 e. The van der Waals surface area contributed by atoms with E-state index in [0.717, 1.165) is 5.69 Å². The van der Waals surface area contributed by atoms with Crippen molar-refractivity contribution in [1.29, 1.82) is 0 Å². The van der Waals surface area contributed by atoms with Gasteiger partial charge in [-0.1, -0.05) is 5.11 Å².